The average Bonchev–Trinajstić information content (AvgIpc) is 2.63. The topological polar surface area (TPSA) is 75.7 Å². The summed E-state index contributed by atoms with van der Waals surface area (Å²) in [5.74, 6) is 0.00978. The number of carbonyl (C=O) groups is 1. The van der Waals surface area contributed by atoms with Crippen LogP contribution in [0.5, 0.6) is 5.75 Å². The summed E-state index contributed by atoms with van der Waals surface area (Å²) in [7, 11) is -2.46. The highest BCUT2D eigenvalue weighted by atomic mass is 35.5. The van der Waals surface area contributed by atoms with E-state index in [0.29, 0.717) is 12.4 Å². The van der Waals surface area contributed by atoms with E-state index in [2.05, 4.69) is 5.32 Å². The van der Waals surface area contributed by atoms with Crippen LogP contribution in [0.15, 0.2) is 53.4 Å². The monoisotopic (exact) mass is 396 g/mol. The van der Waals surface area contributed by atoms with Gasteiger partial charge >= 0.3 is 0 Å². The molecule has 8 heteroatoms. The van der Waals surface area contributed by atoms with Gasteiger partial charge in [0.25, 0.3) is 0 Å². The van der Waals surface area contributed by atoms with Crippen LogP contribution in [0.25, 0.3) is 0 Å². The first kappa shape index (κ1) is 20.2. The highest BCUT2D eigenvalue weighted by molar-refractivity contribution is 7.89. The Morgan fingerprint density at radius 2 is 1.88 bits per heavy atom. The van der Waals surface area contributed by atoms with Crippen LogP contribution in [0, 0.1) is 0 Å². The third-order valence-electron chi connectivity index (χ3n) is 3.64. The van der Waals surface area contributed by atoms with Crippen LogP contribution in [0.1, 0.15) is 12.5 Å². The Morgan fingerprint density at radius 3 is 2.46 bits per heavy atom. The number of rotatable bonds is 8. The zero-order valence-corrected chi connectivity index (χ0v) is 16.2. The van der Waals surface area contributed by atoms with Gasteiger partial charge in [0, 0.05) is 13.6 Å². The molecule has 1 amide bonds. The molecule has 2 rings (SSSR count). The van der Waals surface area contributed by atoms with E-state index in [0.717, 1.165) is 9.87 Å². The molecular weight excluding hydrogens is 376 g/mol. The standard InChI is InChI=1S/C18H21ClN2O4S/c1-3-25-17-10-9-15(11-16(17)19)26(23,24)21(13-18(22)20-2)12-14-7-5-4-6-8-14/h4-11H,3,12-13H2,1-2H3,(H,20,22). The van der Waals surface area contributed by atoms with E-state index in [1.807, 2.05) is 25.1 Å². The molecule has 0 spiro atoms. The van der Waals surface area contributed by atoms with Crippen molar-refractivity contribution >= 4 is 27.5 Å². The smallest absolute Gasteiger partial charge is 0.243 e. The van der Waals surface area contributed by atoms with Crippen molar-refractivity contribution < 1.29 is 17.9 Å². The number of halogens is 1. The fourth-order valence-electron chi connectivity index (χ4n) is 2.32. The van der Waals surface area contributed by atoms with Gasteiger partial charge in [-0.05, 0) is 30.7 Å². The molecule has 0 unspecified atom stereocenters. The van der Waals surface area contributed by atoms with Crippen molar-refractivity contribution in [3.05, 3.63) is 59.1 Å². The number of ether oxygens (including phenoxy) is 1. The number of sulfonamides is 1. The van der Waals surface area contributed by atoms with Crippen LogP contribution in [0.4, 0.5) is 0 Å². The fourth-order valence-corrected chi connectivity index (χ4v) is 4.03. The first-order chi connectivity index (χ1) is 12.4. The van der Waals surface area contributed by atoms with E-state index < -0.39 is 15.9 Å². The molecule has 140 valence electrons. The average molecular weight is 397 g/mol. The van der Waals surface area contributed by atoms with Gasteiger partial charge in [-0.1, -0.05) is 41.9 Å². The number of amides is 1. The minimum Gasteiger partial charge on any atom is -0.492 e. The molecule has 2 aromatic rings. The van der Waals surface area contributed by atoms with Gasteiger partial charge < -0.3 is 10.1 Å². The Morgan fingerprint density at radius 1 is 1.19 bits per heavy atom. The summed E-state index contributed by atoms with van der Waals surface area (Å²) in [6.07, 6.45) is 0. The Balaban J connectivity index is 2.38. The van der Waals surface area contributed by atoms with E-state index in [4.69, 9.17) is 16.3 Å². The van der Waals surface area contributed by atoms with Crippen molar-refractivity contribution in [3.8, 4) is 5.75 Å². The van der Waals surface area contributed by atoms with Crippen LogP contribution >= 0.6 is 11.6 Å². The molecule has 0 saturated heterocycles. The maximum Gasteiger partial charge on any atom is 0.243 e. The molecule has 0 aliphatic rings. The molecule has 0 aliphatic heterocycles. The molecule has 0 radical (unpaired) electrons. The van der Waals surface area contributed by atoms with Gasteiger partial charge in [0.1, 0.15) is 5.75 Å². The molecule has 0 bridgehead atoms. The lowest BCUT2D eigenvalue weighted by Gasteiger charge is -2.22. The second kappa shape index (κ2) is 9.02. The van der Waals surface area contributed by atoms with Crippen LogP contribution < -0.4 is 10.1 Å². The third-order valence-corrected chi connectivity index (χ3v) is 5.72. The van der Waals surface area contributed by atoms with Gasteiger partial charge in [-0.15, -0.1) is 0 Å². The fraction of sp³-hybridized carbons (Fsp3) is 0.278. The van der Waals surface area contributed by atoms with Crippen molar-refractivity contribution in [1.29, 1.82) is 0 Å². The van der Waals surface area contributed by atoms with Gasteiger partial charge in [0.2, 0.25) is 15.9 Å². The minimum atomic E-state index is -3.93. The SMILES string of the molecule is CCOc1ccc(S(=O)(=O)N(CC(=O)NC)Cc2ccccc2)cc1Cl. The van der Waals surface area contributed by atoms with Gasteiger partial charge in [-0.2, -0.15) is 4.31 Å². The molecule has 2 aromatic carbocycles. The lowest BCUT2D eigenvalue weighted by Crippen LogP contribution is -2.39. The Hall–Kier alpha value is -2.09. The Kier molecular flexibility index (Phi) is 7.02. The summed E-state index contributed by atoms with van der Waals surface area (Å²) in [4.78, 5) is 11.8. The van der Waals surface area contributed by atoms with Crippen LogP contribution in [0.2, 0.25) is 5.02 Å². The van der Waals surface area contributed by atoms with E-state index in [9.17, 15) is 13.2 Å². The summed E-state index contributed by atoms with van der Waals surface area (Å²) in [6.45, 7) is 2.01. The number of nitrogens with one attached hydrogen (secondary N) is 1. The summed E-state index contributed by atoms with van der Waals surface area (Å²) < 4.78 is 32.6. The van der Waals surface area contributed by atoms with Crippen molar-refractivity contribution in [1.82, 2.24) is 9.62 Å². The predicted octanol–water partition coefficient (Wildman–Crippen LogP) is 2.68. The molecule has 0 saturated carbocycles. The summed E-state index contributed by atoms with van der Waals surface area (Å²) in [5.41, 5.74) is 0.775. The Bertz CT molecular complexity index is 857. The summed E-state index contributed by atoms with van der Waals surface area (Å²) >= 11 is 6.12. The zero-order chi connectivity index (χ0) is 19.2. The molecule has 0 aliphatic carbocycles. The maximum atomic E-state index is 13.1. The van der Waals surface area contributed by atoms with Crippen molar-refractivity contribution in [2.24, 2.45) is 0 Å². The first-order valence-corrected chi connectivity index (χ1v) is 9.87. The van der Waals surface area contributed by atoms with E-state index in [-0.39, 0.29) is 23.0 Å². The molecule has 0 aromatic heterocycles. The van der Waals surface area contributed by atoms with Crippen molar-refractivity contribution in [2.75, 3.05) is 20.2 Å². The number of hydrogen-bond acceptors (Lipinski definition) is 4. The van der Waals surface area contributed by atoms with E-state index >= 15 is 0 Å². The highest BCUT2D eigenvalue weighted by Crippen LogP contribution is 2.29. The number of carbonyl (C=O) groups excluding carboxylic acids is 1. The van der Waals surface area contributed by atoms with Crippen LogP contribution in [-0.2, 0) is 21.4 Å². The number of nitrogens with zero attached hydrogens (tertiary/aromatic N) is 1. The molecule has 0 fully saturated rings. The lowest BCUT2D eigenvalue weighted by molar-refractivity contribution is -0.120. The second-order valence-electron chi connectivity index (χ2n) is 5.46. The second-order valence-corrected chi connectivity index (χ2v) is 7.80. The molecule has 6 nitrogen and oxygen atoms in total. The van der Waals surface area contributed by atoms with Crippen LogP contribution in [-0.4, -0.2) is 38.8 Å². The van der Waals surface area contributed by atoms with E-state index in [1.165, 1.54) is 25.2 Å². The van der Waals surface area contributed by atoms with Crippen LogP contribution in [0.3, 0.4) is 0 Å². The quantitative estimate of drug-likeness (QED) is 0.744. The van der Waals surface area contributed by atoms with Gasteiger partial charge in [0.05, 0.1) is 23.1 Å². The molecular formula is C18H21ClN2O4S. The number of hydrogen-bond donors (Lipinski definition) is 1. The van der Waals surface area contributed by atoms with Gasteiger partial charge in [-0.25, -0.2) is 8.42 Å². The minimum absolute atomic E-state index is 0.00536. The van der Waals surface area contributed by atoms with Gasteiger partial charge in [-0.3, -0.25) is 4.79 Å². The Labute approximate surface area is 158 Å². The molecule has 26 heavy (non-hydrogen) atoms. The largest absolute Gasteiger partial charge is 0.492 e. The highest BCUT2D eigenvalue weighted by Gasteiger charge is 2.27. The summed E-state index contributed by atoms with van der Waals surface area (Å²) in [6, 6.07) is 13.3. The zero-order valence-electron chi connectivity index (χ0n) is 14.6. The maximum absolute atomic E-state index is 13.1. The molecule has 0 atom stereocenters. The lowest BCUT2D eigenvalue weighted by atomic mass is 10.2. The first-order valence-electron chi connectivity index (χ1n) is 8.05. The van der Waals surface area contributed by atoms with E-state index in [1.54, 1.807) is 12.1 Å². The number of likely N-dealkylation sites (N-methyl/N-ethyl adjacent to an activating group) is 1. The number of benzene rings is 2. The normalized spacial score (nSPS) is 11.4. The molecule has 1 N–H and O–H groups in total. The van der Waals surface area contributed by atoms with Crippen molar-refractivity contribution in [2.45, 2.75) is 18.4 Å². The summed E-state index contributed by atoms with van der Waals surface area (Å²) in [5, 5.41) is 2.65. The third kappa shape index (κ3) is 4.97. The molecule has 0 heterocycles. The predicted molar refractivity (Wildman–Crippen MR) is 101 cm³/mol. The van der Waals surface area contributed by atoms with Gasteiger partial charge in [0.15, 0.2) is 0 Å². The van der Waals surface area contributed by atoms with Crippen molar-refractivity contribution in [3.63, 3.8) is 0 Å².